The number of anilines is 3. The molecule has 0 amide bonds. The number of ether oxygens (including phenoxy) is 1. The number of aliphatic carboxylic acids is 1. The molecule has 0 saturated heterocycles. The maximum absolute atomic E-state index is 12.6. The van der Waals surface area contributed by atoms with E-state index in [0.29, 0.717) is 31.3 Å². The van der Waals surface area contributed by atoms with Crippen LogP contribution in [-0.2, 0) is 17.9 Å². The predicted octanol–water partition coefficient (Wildman–Crippen LogP) is 6.00. The van der Waals surface area contributed by atoms with Crippen LogP contribution in [0.15, 0.2) is 42.5 Å². The third-order valence-corrected chi connectivity index (χ3v) is 8.37. The first-order valence-electron chi connectivity index (χ1n) is 14.1. The van der Waals surface area contributed by atoms with Gasteiger partial charge in [-0.2, -0.15) is 0 Å². The van der Waals surface area contributed by atoms with Crippen molar-refractivity contribution in [1.82, 2.24) is 9.88 Å². The molecule has 0 aliphatic carbocycles. The Hall–Kier alpha value is -3.49. The van der Waals surface area contributed by atoms with Gasteiger partial charge in [-0.3, -0.25) is 9.69 Å². The highest BCUT2D eigenvalue weighted by atomic mass is 35.5. The smallest absolute Gasteiger partial charge is 0.310 e. The number of fused-ring (bicyclic) bond motifs is 1. The number of nitrogens with one attached hydrogen (secondary N) is 2. The lowest BCUT2D eigenvalue weighted by Crippen LogP contribution is -2.33. The van der Waals surface area contributed by atoms with Gasteiger partial charge >= 0.3 is 5.97 Å². The van der Waals surface area contributed by atoms with Gasteiger partial charge in [0.1, 0.15) is 18.2 Å². The number of alkyl halides is 1. The Morgan fingerprint density at radius 2 is 2.00 bits per heavy atom. The first-order chi connectivity index (χ1) is 19.6. The number of hydrogen-bond acceptors (Lipinski definition) is 7. The number of halogens is 1. The fourth-order valence-corrected chi connectivity index (χ4v) is 5.63. The van der Waals surface area contributed by atoms with Crippen molar-refractivity contribution >= 4 is 34.8 Å². The lowest BCUT2D eigenvalue weighted by atomic mass is 9.69. The van der Waals surface area contributed by atoms with Gasteiger partial charge in [-0.05, 0) is 80.1 Å². The molecule has 0 bridgehead atoms. The standard InChI is InChI=1S/C32H42ClN5O3/c1-20-7-8-22(29(32(3,4)31(39)40)24-9-10-25(35-5)30(34)21(24)2)17-23(20)18-38-15-16-41-27-11-12-28(36-14-6-13-33)37-26(27)19-38/h7-12,17,29,35H,6,13-16,18-19,34H2,1-5H3,(H,36,37)(H,39,40). The summed E-state index contributed by atoms with van der Waals surface area (Å²) in [5.41, 5.74) is 12.8. The van der Waals surface area contributed by atoms with Crippen LogP contribution in [0.3, 0.4) is 0 Å². The number of aryl methyl sites for hydroxylation is 1. The minimum Gasteiger partial charge on any atom is -0.490 e. The van der Waals surface area contributed by atoms with Crippen LogP contribution in [0.25, 0.3) is 0 Å². The number of nitrogens with two attached hydrogens (primary N) is 1. The topological polar surface area (TPSA) is 113 Å². The van der Waals surface area contributed by atoms with Gasteiger partial charge in [-0.1, -0.05) is 24.3 Å². The molecule has 2 aromatic carbocycles. The number of hydrogen-bond donors (Lipinski definition) is 4. The fourth-order valence-electron chi connectivity index (χ4n) is 5.49. The number of rotatable bonds is 11. The van der Waals surface area contributed by atoms with Crippen molar-refractivity contribution in [3.8, 4) is 5.75 Å². The van der Waals surface area contributed by atoms with E-state index in [0.717, 1.165) is 70.3 Å². The van der Waals surface area contributed by atoms with Crippen molar-refractivity contribution in [3.05, 3.63) is 76.0 Å². The highest BCUT2D eigenvalue weighted by molar-refractivity contribution is 6.17. The molecule has 1 atom stereocenters. The van der Waals surface area contributed by atoms with Crippen molar-refractivity contribution in [3.63, 3.8) is 0 Å². The normalized spacial score (nSPS) is 14.5. The molecule has 1 aliphatic heterocycles. The Morgan fingerprint density at radius 1 is 1.22 bits per heavy atom. The Balaban J connectivity index is 1.67. The van der Waals surface area contributed by atoms with Gasteiger partial charge in [0.2, 0.25) is 0 Å². The SMILES string of the molecule is CNc1ccc(C(c2ccc(C)c(CN3CCOc4ccc(NCCCCl)nc4C3)c2)C(C)(C)C(=O)O)c(C)c1N. The first-order valence-corrected chi connectivity index (χ1v) is 14.6. The summed E-state index contributed by atoms with van der Waals surface area (Å²) in [6.07, 6.45) is 0.865. The summed E-state index contributed by atoms with van der Waals surface area (Å²) in [6.45, 7) is 11.1. The van der Waals surface area contributed by atoms with Crippen LogP contribution in [0, 0.1) is 19.3 Å². The summed E-state index contributed by atoms with van der Waals surface area (Å²) in [5, 5.41) is 16.8. The number of nitrogen functional groups attached to an aromatic ring is 1. The molecule has 0 spiro atoms. The Kier molecular flexibility index (Phi) is 9.66. The van der Waals surface area contributed by atoms with Gasteiger partial charge in [0, 0.05) is 45.0 Å². The van der Waals surface area contributed by atoms with E-state index in [1.807, 2.05) is 38.2 Å². The van der Waals surface area contributed by atoms with Crippen molar-refractivity contribution in [2.24, 2.45) is 5.41 Å². The molecule has 9 heteroatoms. The van der Waals surface area contributed by atoms with Crippen LogP contribution >= 0.6 is 11.6 Å². The maximum Gasteiger partial charge on any atom is 0.310 e. The summed E-state index contributed by atoms with van der Waals surface area (Å²) in [7, 11) is 1.83. The van der Waals surface area contributed by atoms with Crippen LogP contribution in [0.4, 0.5) is 17.2 Å². The minimum atomic E-state index is -1.07. The molecule has 41 heavy (non-hydrogen) atoms. The quantitative estimate of drug-likeness (QED) is 0.124. The van der Waals surface area contributed by atoms with E-state index in [4.69, 9.17) is 27.1 Å². The molecule has 220 valence electrons. The lowest BCUT2D eigenvalue weighted by molar-refractivity contribution is -0.147. The molecule has 0 fully saturated rings. The Labute approximate surface area is 248 Å². The summed E-state index contributed by atoms with van der Waals surface area (Å²) < 4.78 is 6.03. The average Bonchev–Trinajstić information content (AvgIpc) is 3.14. The summed E-state index contributed by atoms with van der Waals surface area (Å²) in [6, 6.07) is 14.2. The highest BCUT2D eigenvalue weighted by Gasteiger charge is 2.40. The number of pyridine rings is 1. The minimum absolute atomic E-state index is 0.399. The Bertz CT molecular complexity index is 1390. The van der Waals surface area contributed by atoms with E-state index < -0.39 is 17.3 Å². The predicted molar refractivity (Wildman–Crippen MR) is 167 cm³/mol. The monoisotopic (exact) mass is 579 g/mol. The molecule has 3 aromatic rings. The molecule has 4 rings (SSSR count). The number of benzene rings is 2. The van der Waals surface area contributed by atoms with Crippen LogP contribution in [0.1, 0.15) is 59.7 Å². The van der Waals surface area contributed by atoms with E-state index in [1.165, 1.54) is 0 Å². The second-order valence-electron chi connectivity index (χ2n) is 11.3. The van der Waals surface area contributed by atoms with Crippen LogP contribution < -0.4 is 21.1 Å². The van der Waals surface area contributed by atoms with Crippen LogP contribution in [0.2, 0.25) is 0 Å². The van der Waals surface area contributed by atoms with E-state index in [9.17, 15) is 9.90 Å². The Morgan fingerprint density at radius 3 is 2.71 bits per heavy atom. The summed E-state index contributed by atoms with van der Waals surface area (Å²) in [4.78, 5) is 19.7. The lowest BCUT2D eigenvalue weighted by Gasteiger charge is -2.34. The largest absolute Gasteiger partial charge is 0.490 e. The molecule has 1 aliphatic rings. The van der Waals surface area contributed by atoms with Gasteiger partial charge < -0.3 is 26.2 Å². The summed E-state index contributed by atoms with van der Waals surface area (Å²) in [5.74, 6) is 0.968. The second-order valence-corrected chi connectivity index (χ2v) is 11.7. The molecule has 1 unspecified atom stereocenters. The van der Waals surface area contributed by atoms with E-state index in [-0.39, 0.29) is 0 Å². The number of aromatic nitrogens is 1. The zero-order chi connectivity index (χ0) is 29.7. The molecule has 2 heterocycles. The van der Waals surface area contributed by atoms with Crippen molar-refractivity contribution < 1.29 is 14.6 Å². The van der Waals surface area contributed by atoms with Gasteiger partial charge in [0.05, 0.1) is 22.5 Å². The number of carbonyl (C=O) groups is 1. The zero-order valence-electron chi connectivity index (χ0n) is 24.7. The van der Waals surface area contributed by atoms with Gasteiger partial charge in [0.25, 0.3) is 0 Å². The third kappa shape index (κ3) is 6.71. The molecule has 8 nitrogen and oxygen atoms in total. The van der Waals surface area contributed by atoms with Crippen molar-refractivity contribution in [2.75, 3.05) is 49.0 Å². The van der Waals surface area contributed by atoms with Crippen LogP contribution in [-0.4, -0.2) is 53.6 Å². The summed E-state index contributed by atoms with van der Waals surface area (Å²) >= 11 is 5.82. The zero-order valence-corrected chi connectivity index (χ0v) is 25.4. The molecular weight excluding hydrogens is 538 g/mol. The maximum atomic E-state index is 12.6. The highest BCUT2D eigenvalue weighted by Crippen LogP contribution is 2.45. The number of carboxylic acids is 1. The molecule has 5 N–H and O–H groups in total. The average molecular weight is 580 g/mol. The van der Waals surface area contributed by atoms with Gasteiger partial charge in [-0.15, -0.1) is 11.6 Å². The molecule has 1 aromatic heterocycles. The fraction of sp³-hybridized carbons (Fsp3) is 0.438. The van der Waals surface area contributed by atoms with Crippen molar-refractivity contribution in [1.29, 1.82) is 0 Å². The first kappa shape index (κ1) is 30.5. The molecular formula is C32H42ClN5O3. The van der Waals surface area contributed by atoms with Crippen molar-refractivity contribution in [2.45, 2.75) is 53.1 Å². The number of carboxylic acid groups (broad SMARTS) is 1. The van der Waals surface area contributed by atoms with Gasteiger partial charge in [-0.25, -0.2) is 4.98 Å². The van der Waals surface area contributed by atoms with E-state index >= 15 is 0 Å². The third-order valence-electron chi connectivity index (χ3n) is 8.10. The molecule has 0 saturated carbocycles. The number of nitrogens with zero attached hydrogens (tertiary/aromatic N) is 2. The second kappa shape index (κ2) is 13.0. The van der Waals surface area contributed by atoms with Gasteiger partial charge in [0.15, 0.2) is 0 Å². The van der Waals surface area contributed by atoms with E-state index in [1.54, 1.807) is 13.8 Å². The van der Waals surface area contributed by atoms with E-state index in [2.05, 4.69) is 40.7 Å². The van der Waals surface area contributed by atoms with Crippen LogP contribution in [0.5, 0.6) is 5.75 Å². The molecule has 0 radical (unpaired) electrons.